The van der Waals surface area contributed by atoms with E-state index in [1.165, 1.54) is 23.1 Å². The van der Waals surface area contributed by atoms with E-state index in [4.69, 9.17) is 11.6 Å². The van der Waals surface area contributed by atoms with Crippen LogP contribution in [-0.2, 0) is 32.6 Å². The fourth-order valence-corrected chi connectivity index (χ4v) is 7.26. The molecule has 0 saturated heterocycles. The van der Waals surface area contributed by atoms with Crippen molar-refractivity contribution in [3.8, 4) is 0 Å². The molecule has 1 atom stereocenters. The number of hydrogen-bond donors (Lipinski definition) is 1. The van der Waals surface area contributed by atoms with E-state index in [9.17, 15) is 22.8 Å². The molecule has 3 aromatic rings. The van der Waals surface area contributed by atoms with Gasteiger partial charge in [0.2, 0.25) is 11.8 Å². The molecular weight excluding hydrogens is 562 g/mol. The second kappa shape index (κ2) is 12.4. The SMILES string of the molecule is O=C(NC1CCCCC1)[C@H](Cc1ccccc1)N(Cc1cccc(Cl)c1)C(=O)CN1C(=O)c2ccccc2S1(=O)=O. The van der Waals surface area contributed by atoms with Crippen molar-refractivity contribution < 1.29 is 22.8 Å². The smallest absolute Gasteiger partial charge is 0.269 e. The molecule has 0 bridgehead atoms. The lowest BCUT2D eigenvalue weighted by atomic mass is 9.94. The highest BCUT2D eigenvalue weighted by Crippen LogP contribution is 2.30. The van der Waals surface area contributed by atoms with Gasteiger partial charge < -0.3 is 10.2 Å². The third-order valence-electron chi connectivity index (χ3n) is 7.66. The molecule has 8 nitrogen and oxygen atoms in total. The topological polar surface area (TPSA) is 104 Å². The van der Waals surface area contributed by atoms with Crippen molar-refractivity contribution in [2.75, 3.05) is 6.54 Å². The van der Waals surface area contributed by atoms with Crippen LogP contribution in [0.25, 0.3) is 0 Å². The molecule has 0 radical (unpaired) electrons. The van der Waals surface area contributed by atoms with E-state index in [1.807, 2.05) is 30.3 Å². The van der Waals surface area contributed by atoms with E-state index in [0.29, 0.717) is 14.9 Å². The minimum Gasteiger partial charge on any atom is -0.352 e. The number of rotatable bonds is 9. The van der Waals surface area contributed by atoms with Gasteiger partial charge in [-0.25, -0.2) is 12.7 Å². The summed E-state index contributed by atoms with van der Waals surface area (Å²) in [7, 11) is -4.22. The Morgan fingerprint density at radius 3 is 2.32 bits per heavy atom. The van der Waals surface area contributed by atoms with E-state index in [-0.39, 0.29) is 35.4 Å². The van der Waals surface area contributed by atoms with Crippen LogP contribution < -0.4 is 5.32 Å². The van der Waals surface area contributed by atoms with Crippen molar-refractivity contribution in [3.63, 3.8) is 0 Å². The molecule has 2 aliphatic rings. The Morgan fingerprint density at radius 2 is 1.61 bits per heavy atom. The first-order valence-electron chi connectivity index (χ1n) is 13.8. The monoisotopic (exact) mass is 593 g/mol. The van der Waals surface area contributed by atoms with Crippen LogP contribution in [0.5, 0.6) is 0 Å². The summed E-state index contributed by atoms with van der Waals surface area (Å²) in [4.78, 5) is 42.3. The Morgan fingerprint density at radius 1 is 0.927 bits per heavy atom. The van der Waals surface area contributed by atoms with Gasteiger partial charge in [0, 0.05) is 24.0 Å². The van der Waals surface area contributed by atoms with Crippen molar-refractivity contribution >= 4 is 39.3 Å². The Hall–Kier alpha value is -3.69. The van der Waals surface area contributed by atoms with Crippen LogP contribution in [0.2, 0.25) is 5.02 Å². The van der Waals surface area contributed by atoms with Gasteiger partial charge in [-0.05, 0) is 48.2 Å². The Kier molecular flexibility index (Phi) is 8.75. The average Bonchev–Trinajstić information content (AvgIpc) is 3.16. The first kappa shape index (κ1) is 28.8. The molecular formula is C31H32ClN3O5S. The van der Waals surface area contributed by atoms with E-state index >= 15 is 0 Å². The Bertz CT molecular complexity index is 1540. The molecule has 1 saturated carbocycles. The molecule has 3 aromatic carbocycles. The summed E-state index contributed by atoms with van der Waals surface area (Å²) < 4.78 is 27.1. The number of amides is 3. The zero-order chi connectivity index (χ0) is 29.0. The van der Waals surface area contributed by atoms with Crippen molar-refractivity contribution in [1.29, 1.82) is 0 Å². The molecule has 41 heavy (non-hydrogen) atoms. The molecule has 214 valence electrons. The maximum Gasteiger partial charge on any atom is 0.269 e. The van der Waals surface area contributed by atoms with Crippen molar-refractivity contribution in [1.82, 2.24) is 14.5 Å². The number of carbonyl (C=O) groups excluding carboxylic acids is 3. The summed E-state index contributed by atoms with van der Waals surface area (Å²) in [5.41, 5.74) is 1.54. The van der Waals surface area contributed by atoms with Crippen molar-refractivity contribution in [2.45, 2.75) is 62.0 Å². The first-order chi connectivity index (χ1) is 19.7. The van der Waals surface area contributed by atoms with Gasteiger partial charge in [0.1, 0.15) is 17.5 Å². The largest absolute Gasteiger partial charge is 0.352 e. The Balaban J connectivity index is 1.49. The number of sulfonamides is 1. The second-order valence-corrected chi connectivity index (χ2v) is 12.8. The van der Waals surface area contributed by atoms with Crippen LogP contribution in [0.15, 0.2) is 83.8 Å². The standard InChI is InChI=1S/C31H32ClN3O5S/c32-24-13-9-12-23(18-24)20-34(29(36)21-35-31(38)26-16-7-8-17-28(26)41(35,39)40)27(19-22-10-3-1-4-11-22)30(37)33-25-14-5-2-6-15-25/h1,3-4,7-13,16-18,25,27H,2,5-6,14-15,19-21H2,(H,33,37)/t27-/m0/s1. The number of nitrogens with zero attached hydrogens (tertiary/aromatic N) is 2. The summed E-state index contributed by atoms with van der Waals surface area (Å²) in [5, 5.41) is 3.61. The normalized spacial score (nSPS) is 17.1. The number of carbonyl (C=O) groups is 3. The van der Waals surface area contributed by atoms with Gasteiger partial charge in [-0.2, -0.15) is 0 Å². The molecule has 1 aliphatic heterocycles. The van der Waals surface area contributed by atoms with Crippen molar-refractivity contribution in [3.05, 3.63) is 101 Å². The molecule has 0 unspecified atom stereocenters. The lowest BCUT2D eigenvalue weighted by Gasteiger charge is -2.34. The predicted octanol–water partition coefficient (Wildman–Crippen LogP) is 4.57. The maximum atomic E-state index is 14.1. The quantitative estimate of drug-likeness (QED) is 0.391. The van der Waals surface area contributed by atoms with Crippen LogP contribution in [0, 0.1) is 0 Å². The van der Waals surface area contributed by atoms with E-state index in [1.54, 1.807) is 30.3 Å². The third kappa shape index (κ3) is 6.47. The lowest BCUT2D eigenvalue weighted by Crippen LogP contribution is -2.55. The highest BCUT2D eigenvalue weighted by Gasteiger charge is 2.43. The van der Waals surface area contributed by atoms with Crippen LogP contribution in [0.4, 0.5) is 0 Å². The van der Waals surface area contributed by atoms with Gasteiger partial charge in [-0.1, -0.05) is 85.5 Å². The minimum atomic E-state index is -4.22. The van der Waals surface area contributed by atoms with Gasteiger partial charge in [-0.3, -0.25) is 14.4 Å². The predicted molar refractivity (Wildman–Crippen MR) is 156 cm³/mol. The Labute approximate surface area is 245 Å². The van der Waals surface area contributed by atoms with Crippen LogP contribution >= 0.6 is 11.6 Å². The van der Waals surface area contributed by atoms with Crippen LogP contribution in [0.3, 0.4) is 0 Å². The first-order valence-corrected chi connectivity index (χ1v) is 15.6. The summed E-state index contributed by atoms with van der Waals surface area (Å²) in [6.45, 7) is -0.720. The number of hydrogen-bond acceptors (Lipinski definition) is 5. The van der Waals surface area contributed by atoms with E-state index < -0.39 is 34.4 Å². The highest BCUT2D eigenvalue weighted by atomic mass is 35.5. The molecule has 0 spiro atoms. The lowest BCUT2D eigenvalue weighted by molar-refractivity contribution is -0.141. The summed E-state index contributed by atoms with van der Waals surface area (Å²) in [6, 6.07) is 21.3. The highest BCUT2D eigenvalue weighted by molar-refractivity contribution is 7.90. The number of benzene rings is 3. The minimum absolute atomic E-state index is 0.00397. The molecule has 1 aliphatic carbocycles. The zero-order valence-electron chi connectivity index (χ0n) is 22.5. The molecule has 3 amide bonds. The van der Waals surface area contributed by atoms with Gasteiger partial charge in [0.05, 0.1) is 5.56 Å². The summed E-state index contributed by atoms with van der Waals surface area (Å²) >= 11 is 6.24. The van der Waals surface area contributed by atoms with Crippen LogP contribution in [0.1, 0.15) is 53.6 Å². The maximum absolute atomic E-state index is 14.1. The van der Waals surface area contributed by atoms with Gasteiger partial charge in [0.25, 0.3) is 15.9 Å². The van der Waals surface area contributed by atoms with Gasteiger partial charge >= 0.3 is 0 Å². The third-order valence-corrected chi connectivity index (χ3v) is 9.68. The average molecular weight is 594 g/mol. The summed E-state index contributed by atoms with van der Waals surface area (Å²) in [6.07, 6.45) is 5.12. The van der Waals surface area contributed by atoms with Gasteiger partial charge in [-0.15, -0.1) is 0 Å². The molecule has 1 fully saturated rings. The molecule has 1 N–H and O–H groups in total. The number of nitrogens with one attached hydrogen (secondary N) is 1. The second-order valence-electron chi connectivity index (χ2n) is 10.5. The van der Waals surface area contributed by atoms with E-state index in [2.05, 4.69) is 5.32 Å². The number of fused-ring (bicyclic) bond motifs is 1. The van der Waals surface area contributed by atoms with Crippen LogP contribution in [-0.4, -0.2) is 54.0 Å². The fraction of sp³-hybridized carbons (Fsp3) is 0.323. The van der Waals surface area contributed by atoms with Crippen molar-refractivity contribution in [2.24, 2.45) is 0 Å². The number of halogens is 1. The summed E-state index contributed by atoms with van der Waals surface area (Å²) in [5.74, 6) is -1.73. The molecule has 5 rings (SSSR count). The molecule has 10 heteroatoms. The van der Waals surface area contributed by atoms with E-state index in [0.717, 1.165) is 37.7 Å². The molecule has 0 aromatic heterocycles. The molecule has 1 heterocycles. The zero-order valence-corrected chi connectivity index (χ0v) is 24.1. The fourth-order valence-electron chi connectivity index (χ4n) is 5.53. The van der Waals surface area contributed by atoms with Gasteiger partial charge in [0.15, 0.2) is 0 Å².